The Bertz CT molecular complexity index is 599. The monoisotopic (exact) mass is 358 g/mol. The summed E-state index contributed by atoms with van der Waals surface area (Å²) in [5.41, 5.74) is 1.89. The molecule has 5 heteroatoms. The van der Waals surface area contributed by atoms with E-state index in [1.807, 2.05) is 37.4 Å². The number of carbonyl (C=O) groups excluding carboxylic acids is 1. The molecule has 1 aromatic heterocycles. The van der Waals surface area contributed by atoms with Gasteiger partial charge in [-0.1, -0.05) is 11.6 Å². The highest BCUT2D eigenvalue weighted by atomic mass is 79.9. The van der Waals surface area contributed by atoms with Gasteiger partial charge >= 0.3 is 0 Å². The Morgan fingerprint density at radius 1 is 1.37 bits per heavy atom. The van der Waals surface area contributed by atoms with Crippen LogP contribution in [0.2, 0.25) is 5.02 Å². The van der Waals surface area contributed by atoms with Crippen LogP contribution in [0.5, 0.6) is 5.75 Å². The molecule has 0 unspecified atom stereocenters. The SMILES string of the molecule is Cc1cc(OCC(=O)c2sccc2Br)cc(C)c1Cl. The van der Waals surface area contributed by atoms with Crippen LogP contribution in [0.4, 0.5) is 0 Å². The van der Waals surface area contributed by atoms with Gasteiger partial charge in [0.15, 0.2) is 6.61 Å². The number of benzene rings is 1. The Hall–Kier alpha value is -0.840. The predicted octanol–water partition coefficient (Wildman–Crippen LogP) is 5.04. The van der Waals surface area contributed by atoms with Crippen LogP contribution in [-0.4, -0.2) is 12.4 Å². The summed E-state index contributed by atoms with van der Waals surface area (Å²) in [5, 5.41) is 2.60. The van der Waals surface area contributed by atoms with Gasteiger partial charge < -0.3 is 4.74 Å². The van der Waals surface area contributed by atoms with Crippen molar-refractivity contribution in [2.45, 2.75) is 13.8 Å². The van der Waals surface area contributed by atoms with Gasteiger partial charge in [-0.25, -0.2) is 0 Å². The first-order chi connectivity index (χ1) is 8.99. The summed E-state index contributed by atoms with van der Waals surface area (Å²) in [4.78, 5) is 12.6. The first-order valence-electron chi connectivity index (χ1n) is 5.64. The summed E-state index contributed by atoms with van der Waals surface area (Å²) in [6.45, 7) is 3.86. The summed E-state index contributed by atoms with van der Waals surface area (Å²) in [6, 6.07) is 5.53. The summed E-state index contributed by atoms with van der Waals surface area (Å²) in [5.74, 6) is 0.632. The molecule has 19 heavy (non-hydrogen) atoms. The fraction of sp³-hybridized carbons (Fsp3) is 0.214. The molecule has 0 fully saturated rings. The standard InChI is InChI=1S/C14H12BrClO2S/c1-8-5-10(6-9(2)13(8)16)18-7-12(17)14-11(15)3-4-19-14/h3-6H,7H2,1-2H3. The third-order valence-electron chi connectivity index (χ3n) is 2.65. The second-order valence-corrected chi connectivity index (χ2v) is 6.33. The molecule has 0 amide bonds. The molecule has 0 radical (unpaired) electrons. The Morgan fingerprint density at radius 3 is 2.53 bits per heavy atom. The largest absolute Gasteiger partial charge is 0.485 e. The van der Waals surface area contributed by atoms with Crippen LogP contribution in [0.1, 0.15) is 20.8 Å². The zero-order valence-electron chi connectivity index (χ0n) is 10.5. The van der Waals surface area contributed by atoms with Gasteiger partial charge in [-0.15, -0.1) is 11.3 Å². The maximum atomic E-state index is 12.0. The highest BCUT2D eigenvalue weighted by molar-refractivity contribution is 9.10. The van der Waals surface area contributed by atoms with Gasteiger partial charge in [-0.2, -0.15) is 0 Å². The normalized spacial score (nSPS) is 10.5. The van der Waals surface area contributed by atoms with E-state index in [0.717, 1.165) is 20.6 Å². The van der Waals surface area contributed by atoms with Gasteiger partial charge in [0.25, 0.3) is 0 Å². The molecule has 2 aromatic rings. The van der Waals surface area contributed by atoms with Crippen LogP contribution in [0.15, 0.2) is 28.1 Å². The van der Waals surface area contributed by atoms with E-state index in [9.17, 15) is 4.79 Å². The van der Waals surface area contributed by atoms with E-state index in [1.165, 1.54) is 11.3 Å². The number of hydrogen-bond donors (Lipinski definition) is 0. The van der Waals surface area contributed by atoms with Gasteiger partial charge in [-0.3, -0.25) is 4.79 Å². The summed E-state index contributed by atoms with van der Waals surface area (Å²) in [6.07, 6.45) is 0. The number of ketones is 1. The van der Waals surface area contributed by atoms with E-state index in [0.29, 0.717) is 10.6 Å². The first kappa shape index (κ1) is 14.6. The number of carbonyl (C=O) groups is 1. The Kier molecular flexibility index (Phi) is 4.66. The third kappa shape index (κ3) is 3.38. The van der Waals surface area contributed by atoms with Gasteiger partial charge in [0.2, 0.25) is 5.78 Å². The van der Waals surface area contributed by atoms with Crippen molar-refractivity contribution in [3.8, 4) is 5.75 Å². The first-order valence-corrected chi connectivity index (χ1v) is 7.70. The van der Waals surface area contributed by atoms with Gasteiger partial charge in [0.05, 0.1) is 4.88 Å². The molecule has 0 aliphatic carbocycles. The van der Waals surface area contributed by atoms with E-state index in [2.05, 4.69) is 15.9 Å². The van der Waals surface area contributed by atoms with Crippen LogP contribution in [0, 0.1) is 13.8 Å². The minimum absolute atomic E-state index is 0.0274. The molecule has 0 atom stereocenters. The number of hydrogen-bond acceptors (Lipinski definition) is 3. The van der Waals surface area contributed by atoms with E-state index in [4.69, 9.17) is 16.3 Å². The van der Waals surface area contributed by atoms with Gasteiger partial charge in [-0.05, 0) is 64.5 Å². The van der Waals surface area contributed by atoms with E-state index >= 15 is 0 Å². The van der Waals surface area contributed by atoms with Crippen molar-refractivity contribution in [2.75, 3.05) is 6.61 Å². The lowest BCUT2D eigenvalue weighted by Gasteiger charge is -2.09. The number of halogens is 2. The lowest BCUT2D eigenvalue weighted by Crippen LogP contribution is -2.10. The van der Waals surface area contributed by atoms with E-state index in [1.54, 1.807) is 0 Å². The lowest BCUT2D eigenvalue weighted by atomic mass is 10.1. The van der Waals surface area contributed by atoms with Crippen molar-refractivity contribution in [1.29, 1.82) is 0 Å². The molecule has 0 aliphatic heterocycles. The fourth-order valence-corrected chi connectivity index (χ4v) is 3.33. The van der Waals surface area contributed by atoms with Crippen molar-refractivity contribution in [3.63, 3.8) is 0 Å². The van der Waals surface area contributed by atoms with Gasteiger partial charge in [0.1, 0.15) is 5.75 Å². The van der Waals surface area contributed by atoms with Crippen LogP contribution in [-0.2, 0) is 0 Å². The van der Waals surface area contributed by atoms with Crippen LogP contribution in [0.25, 0.3) is 0 Å². The van der Waals surface area contributed by atoms with Crippen LogP contribution >= 0.6 is 38.9 Å². The molecule has 2 nitrogen and oxygen atoms in total. The Labute approximate surface area is 129 Å². The van der Waals surface area contributed by atoms with Crippen molar-refractivity contribution in [3.05, 3.63) is 49.1 Å². The maximum absolute atomic E-state index is 12.0. The highest BCUT2D eigenvalue weighted by Gasteiger charge is 2.13. The Balaban J connectivity index is 2.07. The number of aryl methyl sites for hydroxylation is 2. The average molecular weight is 360 g/mol. The number of rotatable bonds is 4. The zero-order valence-corrected chi connectivity index (χ0v) is 13.7. The minimum Gasteiger partial charge on any atom is -0.485 e. The molecule has 100 valence electrons. The topological polar surface area (TPSA) is 26.3 Å². The molecule has 0 saturated heterocycles. The number of Topliss-reactive ketones (excluding diaryl/α,β-unsaturated/α-hetero) is 1. The van der Waals surface area contributed by atoms with Gasteiger partial charge in [0, 0.05) is 9.50 Å². The fourth-order valence-electron chi connectivity index (χ4n) is 1.70. The second-order valence-electron chi connectivity index (χ2n) is 4.18. The quantitative estimate of drug-likeness (QED) is 0.715. The van der Waals surface area contributed by atoms with Crippen LogP contribution < -0.4 is 4.74 Å². The third-order valence-corrected chi connectivity index (χ3v) is 5.13. The molecule has 1 aromatic carbocycles. The minimum atomic E-state index is -0.0351. The molecule has 0 spiro atoms. The molecule has 0 N–H and O–H groups in total. The van der Waals surface area contributed by atoms with Crippen molar-refractivity contribution in [2.24, 2.45) is 0 Å². The molecule has 0 aliphatic rings. The number of ether oxygens (including phenoxy) is 1. The van der Waals surface area contributed by atoms with E-state index in [-0.39, 0.29) is 12.4 Å². The highest BCUT2D eigenvalue weighted by Crippen LogP contribution is 2.27. The van der Waals surface area contributed by atoms with Crippen LogP contribution in [0.3, 0.4) is 0 Å². The average Bonchev–Trinajstić information content (AvgIpc) is 2.79. The molecule has 2 rings (SSSR count). The zero-order chi connectivity index (χ0) is 14.0. The summed E-state index contributed by atoms with van der Waals surface area (Å²) < 4.78 is 6.36. The second kappa shape index (κ2) is 6.07. The smallest absolute Gasteiger partial charge is 0.211 e. The van der Waals surface area contributed by atoms with Crippen molar-refractivity contribution < 1.29 is 9.53 Å². The predicted molar refractivity (Wildman–Crippen MR) is 82.8 cm³/mol. The van der Waals surface area contributed by atoms with E-state index < -0.39 is 0 Å². The Morgan fingerprint density at radius 2 is 2.00 bits per heavy atom. The number of thiophene rings is 1. The maximum Gasteiger partial charge on any atom is 0.211 e. The molecule has 0 bridgehead atoms. The van der Waals surface area contributed by atoms with Crippen molar-refractivity contribution >= 4 is 44.7 Å². The lowest BCUT2D eigenvalue weighted by molar-refractivity contribution is 0.0925. The summed E-state index contributed by atoms with van der Waals surface area (Å²) in [7, 11) is 0. The summed E-state index contributed by atoms with van der Waals surface area (Å²) >= 11 is 10.8. The molecule has 1 heterocycles. The van der Waals surface area contributed by atoms with Crippen molar-refractivity contribution in [1.82, 2.24) is 0 Å². The molecule has 0 saturated carbocycles. The molecular weight excluding hydrogens is 348 g/mol. The molecular formula is C14H12BrClO2S.